The van der Waals surface area contributed by atoms with Gasteiger partial charge in [0.2, 0.25) is 0 Å². The second-order valence-corrected chi connectivity index (χ2v) is 8.48. The van der Waals surface area contributed by atoms with E-state index in [0.29, 0.717) is 24.1 Å². The number of ketones is 2. The van der Waals surface area contributed by atoms with Crippen molar-refractivity contribution >= 4 is 11.6 Å². The molecule has 0 fully saturated rings. The predicted octanol–water partition coefficient (Wildman–Crippen LogP) is 2.66. The fourth-order valence-electron chi connectivity index (χ4n) is 3.11. The van der Waals surface area contributed by atoms with Crippen molar-refractivity contribution in [1.29, 1.82) is 0 Å². The number of carbonyl (C=O) groups excluding carboxylic acids is 2. The van der Waals surface area contributed by atoms with Crippen LogP contribution in [0.3, 0.4) is 0 Å². The second kappa shape index (κ2) is 9.62. The molecule has 0 heterocycles. The minimum Gasteiger partial charge on any atom is -0.396 e. The van der Waals surface area contributed by atoms with Crippen LogP contribution in [0.1, 0.15) is 72.0 Å². The van der Waals surface area contributed by atoms with Gasteiger partial charge in [-0.15, -0.1) is 0 Å². The molecule has 0 bridgehead atoms. The van der Waals surface area contributed by atoms with Gasteiger partial charge in [-0.05, 0) is 51.8 Å². The quantitative estimate of drug-likeness (QED) is 0.352. The van der Waals surface area contributed by atoms with E-state index in [4.69, 9.17) is 5.11 Å². The van der Waals surface area contributed by atoms with Crippen molar-refractivity contribution in [3.8, 4) is 0 Å². The molecular weight excluding hydrogens is 382 g/mol. The largest absolute Gasteiger partial charge is 0.396 e. The highest BCUT2D eigenvalue weighted by molar-refractivity contribution is 6.02. The molecule has 0 saturated carbocycles. The molecule has 0 aromatic heterocycles. The van der Waals surface area contributed by atoms with Gasteiger partial charge in [0.1, 0.15) is 11.2 Å². The minimum absolute atomic E-state index is 0.0672. The third-order valence-electron chi connectivity index (χ3n) is 4.81. The van der Waals surface area contributed by atoms with Crippen LogP contribution in [0, 0.1) is 0 Å². The van der Waals surface area contributed by atoms with Crippen molar-refractivity contribution in [3.63, 3.8) is 0 Å². The average Bonchev–Trinajstić information content (AvgIpc) is 2.69. The van der Waals surface area contributed by atoms with E-state index in [0.717, 1.165) is 11.1 Å². The lowest BCUT2D eigenvalue weighted by Gasteiger charge is -2.22. The van der Waals surface area contributed by atoms with Crippen LogP contribution in [-0.4, -0.2) is 51.2 Å². The lowest BCUT2D eigenvalue weighted by Crippen LogP contribution is -2.31. The summed E-state index contributed by atoms with van der Waals surface area (Å²) >= 11 is 0. The predicted molar refractivity (Wildman–Crippen MR) is 116 cm³/mol. The summed E-state index contributed by atoms with van der Waals surface area (Å²) in [6.07, 6.45) is 0.584. The zero-order valence-electron chi connectivity index (χ0n) is 18.0. The standard InChI is InChI=1S/C24H31NO5/c1-23(2,29)21(27)18-10-6-16(7-11-18)20(25-14-5-15-26)17-8-12-19(13-9-17)22(28)24(3,4)30/h6-13,20,25-26,29-30H,5,14-15H2,1-4H3. The second-order valence-electron chi connectivity index (χ2n) is 8.48. The number of carbonyl (C=O) groups is 2. The fourth-order valence-corrected chi connectivity index (χ4v) is 3.11. The molecule has 0 aliphatic rings. The summed E-state index contributed by atoms with van der Waals surface area (Å²) in [5, 5.41) is 32.4. The molecule has 2 rings (SSSR count). The van der Waals surface area contributed by atoms with Crippen LogP contribution >= 0.6 is 0 Å². The Labute approximate surface area is 177 Å². The van der Waals surface area contributed by atoms with E-state index in [2.05, 4.69) is 5.32 Å². The summed E-state index contributed by atoms with van der Waals surface area (Å²) in [7, 11) is 0. The van der Waals surface area contributed by atoms with Gasteiger partial charge in [-0.2, -0.15) is 0 Å². The first-order valence-electron chi connectivity index (χ1n) is 10.0. The monoisotopic (exact) mass is 413 g/mol. The third-order valence-corrected chi connectivity index (χ3v) is 4.81. The number of aliphatic hydroxyl groups is 3. The number of rotatable bonds is 10. The molecule has 0 atom stereocenters. The van der Waals surface area contributed by atoms with Gasteiger partial charge in [-0.25, -0.2) is 0 Å². The highest BCUT2D eigenvalue weighted by Gasteiger charge is 2.26. The Hall–Kier alpha value is -2.38. The van der Waals surface area contributed by atoms with Crippen molar-refractivity contribution in [2.24, 2.45) is 0 Å². The molecule has 2 aromatic rings. The van der Waals surface area contributed by atoms with E-state index < -0.39 is 11.2 Å². The molecule has 0 unspecified atom stereocenters. The number of Topliss-reactive ketones (excluding diaryl/α,β-unsaturated/α-hetero) is 2. The molecule has 0 amide bonds. The molecule has 6 nitrogen and oxygen atoms in total. The fraction of sp³-hybridized carbons (Fsp3) is 0.417. The molecule has 0 aliphatic heterocycles. The number of aliphatic hydroxyl groups excluding tert-OH is 1. The molecule has 0 radical (unpaired) electrons. The van der Waals surface area contributed by atoms with Crippen LogP contribution in [0.25, 0.3) is 0 Å². The Balaban J connectivity index is 2.32. The van der Waals surface area contributed by atoms with Crippen LogP contribution < -0.4 is 5.32 Å². The number of hydrogen-bond donors (Lipinski definition) is 4. The van der Waals surface area contributed by atoms with E-state index in [1.54, 1.807) is 24.3 Å². The third kappa shape index (κ3) is 6.06. The molecule has 30 heavy (non-hydrogen) atoms. The summed E-state index contributed by atoms with van der Waals surface area (Å²) in [4.78, 5) is 24.5. The van der Waals surface area contributed by atoms with Crippen LogP contribution in [0.5, 0.6) is 0 Å². The molecule has 4 N–H and O–H groups in total. The van der Waals surface area contributed by atoms with E-state index in [1.165, 1.54) is 27.7 Å². The SMILES string of the molecule is CC(C)(O)C(=O)c1ccc(C(NCCCO)c2ccc(C(=O)C(C)(C)O)cc2)cc1. The van der Waals surface area contributed by atoms with Crippen molar-refractivity contribution < 1.29 is 24.9 Å². The van der Waals surface area contributed by atoms with Gasteiger partial charge >= 0.3 is 0 Å². The van der Waals surface area contributed by atoms with Crippen LogP contribution in [-0.2, 0) is 0 Å². The van der Waals surface area contributed by atoms with Gasteiger partial charge in [-0.1, -0.05) is 48.5 Å². The van der Waals surface area contributed by atoms with Crippen molar-refractivity contribution in [2.75, 3.05) is 13.2 Å². The van der Waals surface area contributed by atoms with Crippen LogP contribution in [0.15, 0.2) is 48.5 Å². The number of hydrogen-bond acceptors (Lipinski definition) is 6. The Morgan fingerprint density at radius 3 is 1.47 bits per heavy atom. The van der Waals surface area contributed by atoms with Crippen molar-refractivity contribution in [2.45, 2.75) is 51.4 Å². The summed E-state index contributed by atoms with van der Waals surface area (Å²) in [5.74, 6) is -0.707. The Morgan fingerprint density at radius 1 is 0.800 bits per heavy atom. The Bertz CT molecular complexity index is 789. The molecule has 0 spiro atoms. The van der Waals surface area contributed by atoms with Gasteiger partial charge in [-0.3, -0.25) is 9.59 Å². The first kappa shape index (κ1) is 23.9. The molecule has 0 aliphatic carbocycles. The first-order valence-corrected chi connectivity index (χ1v) is 10.0. The highest BCUT2D eigenvalue weighted by Crippen LogP contribution is 2.25. The molecule has 6 heteroatoms. The molecule has 162 valence electrons. The summed E-state index contributed by atoms with van der Waals surface area (Å²) in [6, 6.07) is 13.8. The molecular formula is C24H31NO5. The maximum absolute atomic E-state index is 12.3. The van der Waals surface area contributed by atoms with Crippen LogP contribution in [0.2, 0.25) is 0 Å². The van der Waals surface area contributed by atoms with Gasteiger partial charge in [0.05, 0.1) is 6.04 Å². The lowest BCUT2D eigenvalue weighted by molar-refractivity contribution is 0.0487. The van der Waals surface area contributed by atoms with E-state index in [1.807, 2.05) is 24.3 Å². The Morgan fingerprint density at radius 2 is 1.17 bits per heavy atom. The number of nitrogens with one attached hydrogen (secondary N) is 1. The van der Waals surface area contributed by atoms with Gasteiger partial charge in [0.15, 0.2) is 11.6 Å². The average molecular weight is 414 g/mol. The maximum atomic E-state index is 12.3. The topological polar surface area (TPSA) is 107 Å². The number of benzene rings is 2. The normalized spacial score (nSPS) is 12.3. The van der Waals surface area contributed by atoms with Gasteiger partial charge in [0, 0.05) is 17.7 Å². The van der Waals surface area contributed by atoms with Gasteiger partial charge in [0.25, 0.3) is 0 Å². The zero-order chi connectivity index (χ0) is 22.5. The molecule has 2 aromatic carbocycles. The minimum atomic E-state index is -1.44. The molecule has 0 saturated heterocycles. The first-order chi connectivity index (χ1) is 13.9. The van der Waals surface area contributed by atoms with E-state index >= 15 is 0 Å². The summed E-state index contributed by atoms with van der Waals surface area (Å²) in [6.45, 7) is 6.48. The Kier molecular flexibility index (Phi) is 7.66. The zero-order valence-corrected chi connectivity index (χ0v) is 18.0. The van der Waals surface area contributed by atoms with E-state index in [9.17, 15) is 19.8 Å². The van der Waals surface area contributed by atoms with E-state index in [-0.39, 0.29) is 24.2 Å². The maximum Gasteiger partial charge on any atom is 0.193 e. The highest BCUT2D eigenvalue weighted by atomic mass is 16.3. The van der Waals surface area contributed by atoms with Crippen molar-refractivity contribution in [1.82, 2.24) is 5.32 Å². The van der Waals surface area contributed by atoms with Crippen molar-refractivity contribution in [3.05, 3.63) is 70.8 Å². The van der Waals surface area contributed by atoms with Crippen LogP contribution in [0.4, 0.5) is 0 Å². The lowest BCUT2D eigenvalue weighted by atomic mass is 9.91. The summed E-state index contributed by atoms with van der Waals surface area (Å²) in [5.41, 5.74) is -0.228. The smallest absolute Gasteiger partial charge is 0.193 e. The summed E-state index contributed by atoms with van der Waals surface area (Å²) < 4.78 is 0. The van der Waals surface area contributed by atoms with Gasteiger partial charge < -0.3 is 20.6 Å².